The molecule has 0 radical (unpaired) electrons. The number of rotatable bonds is 4. The van der Waals surface area contributed by atoms with Crippen LogP contribution in [0, 0.1) is 13.8 Å². The van der Waals surface area contributed by atoms with Gasteiger partial charge in [-0.2, -0.15) is 9.67 Å². The van der Waals surface area contributed by atoms with Gasteiger partial charge in [-0.25, -0.2) is 15.0 Å². The third-order valence-electron chi connectivity index (χ3n) is 6.92. The highest BCUT2D eigenvalue weighted by Gasteiger charge is 2.44. The van der Waals surface area contributed by atoms with Gasteiger partial charge >= 0.3 is 0 Å². The first-order valence-electron chi connectivity index (χ1n) is 11.6. The molecule has 0 N–H and O–H groups in total. The number of aromatic nitrogens is 7. The summed E-state index contributed by atoms with van der Waals surface area (Å²) in [6, 6.07) is 10.4. The van der Waals surface area contributed by atoms with Gasteiger partial charge in [0.25, 0.3) is 0 Å². The lowest BCUT2D eigenvalue weighted by atomic mass is 10.2. The molecule has 1 aliphatic carbocycles. The Morgan fingerprint density at radius 1 is 0.879 bits per heavy atom. The van der Waals surface area contributed by atoms with E-state index in [1.165, 1.54) is 5.52 Å². The van der Waals surface area contributed by atoms with Gasteiger partial charge < -0.3 is 14.4 Å². The zero-order valence-electron chi connectivity index (χ0n) is 19.6. The van der Waals surface area contributed by atoms with Crippen LogP contribution in [0.25, 0.3) is 16.9 Å². The Balaban J connectivity index is 1.38. The van der Waals surface area contributed by atoms with Crippen molar-refractivity contribution in [2.24, 2.45) is 7.05 Å². The van der Waals surface area contributed by atoms with Gasteiger partial charge in [0, 0.05) is 51.1 Å². The molecule has 6 rings (SSSR count). The van der Waals surface area contributed by atoms with Crippen molar-refractivity contribution in [3.8, 4) is 5.82 Å². The van der Waals surface area contributed by atoms with Crippen molar-refractivity contribution in [2.75, 3.05) is 38.1 Å². The second-order valence-corrected chi connectivity index (χ2v) is 9.33. The van der Waals surface area contributed by atoms with E-state index >= 15 is 0 Å². The molecule has 3 aromatic heterocycles. The van der Waals surface area contributed by atoms with Crippen LogP contribution < -0.4 is 4.90 Å². The summed E-state index contributed by atoms with van der Waals surface area (Å²) >= 11 is 0. The average molecular weight is 444 g/mol. The number of benzene rings is 1. The van der Waals surface area contributed by atoms with Gasteiger partial charge in [0.2, 0.25) is 5.95 Å². The molecule has 2 atom stereocenters. The van der Waals surface area contributed by atoms with E-state index in [-0.39, 0.29) is 0 Å². The molecule has 1 saturated heterocycles. The molecule has 4 heterocycles. The number of hydrogen-bond donors (Lipinski definition) is 0. The van der Waals surface area contributed by atoms with Crippen molar-refractivity contribution in [1.82, 2.24) is 39.2 Å². The smallest absolute Gasteiger partial charge is 0.227 e. The van der Waals surface area contributed by atoms with Crippen LogP contribution in [0.2, 0.25) is 0 Å². The van der Waals surface area contributed by atoms with Gasteiger partial charge in [0.1, 0.15) is 17.5 Å². The molecule has 2 fully saturated rings. The quantitative estimate of drug-likeness (QED) is 0.480. The number of aryl methyl sites for hydroxylation is 3. The minimum Gasteiger partial charge on any atom is -0.338 e. The van der Waals surface area contributed by atoms with E-state index in [2.05, 4.69) is 62.8 Å². The summed E-state index contributed by atoms with van der Waals surface area (Å²) in [6.45, 7) is 7.75. The standard InChI is InChI=1S/C24H29N9/c1-15-25-16(2)33(29-15)22-14-20(27-24(28-22)32-11-9-30(3)10-12-32)17-13-18(17)23-26-19-7-5-6-8-21(19)31(23)4/h5-8,14,17-18H,9-13H2,1-4H3/t17-,18-/m0/s1. The van der Waals surface area contributed by atoms with Crippen molar-refractivity contribution < 1.29 is 0 Å². The first-order valence-corrected chi connectivity index (χ1v) is 11.6. The molecule has 9 nitrogen and oxygen atoms in total. The predicted octanol–water partition coefficient (Wildman–Crippen LogP) is 2.58. The maximum Gasteiger partial charge on any atom is 0.227 e. The summed E-state index contributed by atoms with van der Waals surface area (Å²) in [6.07, 6.45) is 1.05. The summed E-state index contributed by atoms with van der Waals surface area (Å²) in [7, 11) is 4.27. The fraction of sp³-hybridized carbons (Fsp3) is 0.458. The largest absolute Gasteiger partial charge is 0.338 e. The fourth-order valence-electron chi connectivity index (χ4n) is 4.93. The second kappa shape index (κ2) is 7.62. The van der Waals surface area contributed by atoms with Gasteiger partial charge in [0.05, 0.1) is 16.7 Å². The first kappa shape index (κ1) is 20.3. The van der Waals surface area contributed by atoms with E-state index in [1.807, 2.05) is 24.6 Å². The zero-order chi connectivity index (χ0) is 22.7. The maximum atomic E-state index is 5.06. The Labute approximate surface area is 193 Å². The SMILES string of the molecule is Cc1nc(C)n(-c2cc([C@H]3C[C@@H]3c3nc4ccccc4n3C)nc(N3CCN(C)CC3)n2)n1. The minimum absolute atomic E-state index is 0.332. The molecule has 170 valence electrons. The van der Waals surface area contributed by atoms with Crippen LogP contribution in [-0.2, 0) is 7.05 Å². The van der Waals surface area contributed by atoms with Crippen LogP contribution in [0.1, 0.15) is 41.4 Å². The summed E-state index contributed by atoms with van der Waals surface area (Å²) in [5.41, 5.74) is 3.29. The molecule has 33 heavy (non-hydrogen) atoms. The molecular weight excluding hydrogens is 414 g/mol. The van der Waals surface area contributed by atoms with Crippen molar-refractivity contribution in [1.29, 1.82) is 0 Å². The lowest BCUT2D eigenvalue weighted by Gasteiger charge is -2.32. The van der Waals surface area contributed by atoms with E-state index in [9.17, 15) is 0 Å². The van der Waals surface area contributed by atoms with Crippen molar-refractivity contribution in [3.63, 3.8) is 0 Å². The highest BCUT2D eigenvalue weighted by atomic mass is 15.4. The van der Waals surface area contributed by atoms with E-state index < -0.39 is 0 Å². The molecule has 4 aromatic rings. The number of likely N-dealkylation sites (N-methyl/N-ethyl adjacent to an activating group) is 1. The summed E-state index contributed by atoms with van der Waals surface area (Å²) in [5, 5.41) is 4.59. The predicted molar refractivity (Wildman–Crippen MR) is 127 cm³/mol. The zero-order valence-corrected chi connectivity index (χ0v) is 19.6. The van der Waals surface area contributed by atoms with Gasteiger partial charge in [-0.3, -0.25) is 0 Å². The molecule has 1 saturated carbocycles. The fourth-order valence-corrected chi connectivity index (χ4v) is 4.93. The number of nitrogens with zero attached hydrogens (tertiary/aromatic N) is 9. The van der Waals surface area contributed by atoms with Crippen LogP contribution in [0.4, 0.5) is 5.95 Å². The molecule has 9 heteroatoms. The third-order valence-corrected chi connectivity index (χ3v) is 6.92. The first-order chi connectivity index (χ1) is 16.0. The Morgan fingerprint density at radius 2 is 1.67 bits per heavy atom. The van der Waals surface area contributed by atoms with Gasteiger partial charge in [0.15, 0.2) is 5.82 Å². The number of fused-ring (bicyclic) bond motifs is 1. The second-order valence-electron chi connectivity index (χ2n) is 9.33. The lowest BCUT2D eigenvalue weighted by Crippen LogP contribution is -2.45. The van der Waals surface area contributed by atoms with E-state index in [4.69, 9.17) is 15.0 Å². The van der Waals surface area contributed by atoms with Crippen LogP contribution in [0.3, 0.4) is 0 Å². The molecule has 0 unspecified atom stereocenters. The Bertz CT molecular complexity index is 1330. The molecular formula is C24H29N9. The summed E-state index contributed by atoms with van der Waals surface area (Å²) in [5.74, 6) is 5.00. The number of para-hydroxylation sites is 2. The van der Waals surface area contributed by atoms with E-state index in [0.717, 1.165) is 73.0 Å². The van der Waals surface area contributed by atoms with Crippen molar-refractivity contribution >= 4 is 17.0 Å². The number of hydrogen-bond acceptors (Lipinski definition) is 7. The average Bonchev–Trinajstić information content (AvgIpc) is 3.44. The van der Waals surface area contributed by atoms with Crippen LogP contribution in [-0.4, -0.2) is 72.4 Å². The molecule has 1 aromatic carbocycles. The lowest BCUT2D eigenvalue weighted by molar-refractivity contribution is 0.311. The normalized spacial score (nSPS) is 21.2. The molecule has 1 aliphatic heterocycles. The highest BCUT2D eigenvalue weighted by Crippen LogP contribution is 2.54. The van der Waals surface area contributed by atoms with Crippen LogP contribution in [0.15, 0.2) is 30.3 Å². The van der Waals surface area contributed by atoms with Gasteiger partial charge in [-0.05, 0) is 39.4 Å². The minimum atomic E-state index is 0.332. The molecule has 0 amide bonds. The Kier molecular flexibility index (Phi) is 4.69. The number of piperazine rings is 1. The topological polar surface area (TPSA) is 80.8 Å². The maximum absolute atomic E-state index is 5.06. The van der Waals surface area contributed by atoms with Crippen LogP contribution >= 0.6 is 0 Å². The van der Waals surface area contributed by atoms with E-state index in [1.54, 1.807) is 0 Å². The van der Waals surface area contributed by atoms with Gasteiger partial charge in [-0.15, -0.1) is 5.10 Å². The number of imidazole rings is 1. The van der Waals surface area contributed by atoms with Crippen LogP contribution in [0.5, 0.6) is 0 Å². The number of anilines is 1. The molecule has 2 aliphatic rings. The Hall–Kier alpha value is -3.33. The Morgan fingerprint density at radius 3 is 2.39 bits per heavy atom. The highest BCUT2D eigenvalue weighted by molar-refractivity contribution is 5.76. The van der Waals surface area contributed by atoms with Gasteiger partial charge in [-0.1, -0.05) is 12.1 Å². The van der Waals surface area contributed by atoms with Crippen molar-refractivity contribution in [3.05, 3.63) is 53.5 Å². The molecule has 0 spiro atoms. The third kappa shape index (κ3) is 3.56. The van der Waals surface area contributed by atoms with Crippen molar-refractivity contribution in [2.45, 2.75) is 32.1 Å². The molecule has 0 bridgehead atoms. The summed E-state index contributed by atoms with van der Waals surface area (Å²) < 4.78 is 4.07. The summed E-state index contributed by atoms with van der Waals surface area (Å²) in [4.78, 5) is 24.0. The monoisotopic (exact) mass is 443 g/mol. The van der Waals surface area contributed by atoms with E-state index in [0.29, 0.717) is 11.8 Å².